The Morgan fingerprint density at radius 3 is 2.71 bits per heavy atom. The van der Waals surface area contributed by atoms with Crippen LogP contribution in [0.25, 0.3) is 0 Å². The maximum absolute atomic E-state index is 10.8. The largest absolute Gasteiger partial charge is 0.478 e. The number of aromatic carboxylic acids is 1. The molecule has 0 atom stereocenters. The zero-order chi connectivity index (χ0) is 12.8. The van der Waals surface area contributed by atoms with Crippen molar-refractivity contribution < 1.29 is 19.4 Å². The molecule has 1 rings (SSSR count). The number of benzene rings is 1. The third-order valence-electron chi connectivity index (χ3n) is 1.90. The number of methoxy groups -OCH3 is 1. The number of rotatable bonds is 2. The van der Waals surface area contributed by atoms with Crippen LogP contribution in [0.15, 0.2) is 18.2 Å². The van der Waals surface area contributed by atoms with Crippen molar-refractivity contribution in [3.63, 3.8) is 0 Å². The van der Waals surface area contributed by atoms with Crippen molar-refractivity contribution in [3.8, 4) is 11.8 Å². The molecule has 0 aliphatic rings. The Morgan fingerprint density at radius 1 is 1.41 bits per heavy atom. The lowest BCUT2D eigenvalue weighted by Crippen LogP contribution is -1.99. The van der Waals surface area contributed by atoms with E-state index in [2.05, 4.69) is 16.6 Å². The van der Waals surface area contributed by atoms with Gasteiger partial charge in [0.15, 0.2) is 0 Å². The van der Waals surface area contributed by atoms with Gasteiger partial charge in [0.25, 0.3) is 0 Å². The van der Waals surface area contributed by atoms with Gasteiger partial charge in [-0.15, -0.1) is 0 Å². The number of ether oxygens (including phenoxy) is 1. The van der Waals surface area contributed by atoms with E-state index < -0.39 is 11.9 Å². The van der Waals surface area contributed by atoms with Crippen LogP contribution in [0.3, 0.4) is 0 Å². The molecule has 1 aromatic carbocycles. The van der Waals surface area contributed by atoms with Gasteiger partial charge in [0.2, 0.25) is 0 Å². The summed E-state index contributed by atoms with van der Waals surface area (Å²) < 4.78 is 4.41. The maximum Gasteiger partial charge on any atom is 0.335 e. The number of nitrogen functional groups attached to an aromatic ring is 1. The fourth-order valence-electron chi connectivity index (χ4n) is 1.14. The number of esters is 1. The van der Waals surface area contributed by atoms with Crippen LogP contribution in [-0.2, 0) is 9.53 Å². The van der Waals surface area contributed by atoms with Gasteiger partial charge in [-0.2, -0.15) is 0 Å². The second-order valence-electron chi connectivity index (χ2n) is 3.20. The van der Waals surface area contributed by atoms with Crippen LogP contribution in [-0.4, -0.2) is 24.2 Å². The van der Waals surface area contributed by atoms with Gasteiger partial charge in [0.1, 0.15) is 6.42 Å². The molecule has 0 aliphatic heterocycles. The first-order valence-electron chi connectivity index (χ1n) is 4.72. The summed E-state index contributed by atoms with van der Waals surface area (Å²) in [6.07, 6.45) is -0.0479. The zero-order valence-corrected chi connectivity index (χ0v) is 9.19. The third kappa shape index (κ3) is 3.87. The van der Waals surface area contributed by atoms with Gasteiger partial charge in [0.05, 0.1) is 12.7 Å². The van der Waals surface area contributed by atoms with Gasteiger partial charge in [0, 0.05) is 11.3 Å². The van der Waals surface area contributed by atoms with Crippen LogP contribution < -0.4 is 5.73 Å². The molecule has 0 fully saturated rings. The average Bonchev–Trinajstić information content (AvgIpc) is 2.28. The van der Waals surface area contributed by atoms with Crippen molar-refractivity contribution in [2.24, 2.45) is 0 Å². The molecule has 1 aromatic rings. The number of hydrogen-bond acceptors (Lipinski definition) is 4. The minimum atomic E-state index is -1.08. The van der Waals surface area contributed by atoms with Crippen LogP contribution in [0, 0.1) is 11.8 Å². The molecule has 0 saturated heterocycles. The summed E-state index contributed by atoms with van der Waals surface area (Å²) in [6.45, 7) is 0. The van der Waals surface area contributed by atoms with Crippen molar-refractivity contribution >= 4 is 17.6 Å². The normalized spacial score (nSPS) is 9.00. The molecule has 0 heterocycles. The lowest BCUT2D eigenvalue weighted by atomic mass is 10.1. The van der Waals surface area contributed by atoms with E-state index in [0.29, 0.717) is 11.3 Å². The van der Waals surface area contributed by atoms with Crippen molar-refractivity contribution in [1.82, 2.24) is 0 Å². The molecule has 0 amide bonds. The smallest absolute Gasteiger partial charge is 0.335 e. The van der Waals surface area contributed by atoms with E-state index in [1.807, 2.05) is 0 Å². The minimum absolute atomic E-state index is 0.0479. The van der Waals surface area contributed by atoms with E-state index in [1.165, 1.54) is 25.3 Å². The molecule has 5 nitrogen and oxygen atoms in total. The first-order chi connectivity index (χ1) is 8.02. The van der Waals surface area contributed by atoms with Gasteiger partial charge in [-0.3, -0.25) is 4.79 Å². The number of carbonyl (C=O) groups is 2. The van der Waals surface area contributed by atoms with E-state index in [1.54, 1.807) is 0 Å². The standard InChI is InChI=1S/C12H11NO4/c1-17-11(14)4-2-3-8-5-9(12(15)16)7-10(13)6-8/h5-7H,4,13H2,1H3,(H,15,16). The average molecular weight is 233 g/mol. The van der Waals surface area contributed by atoms with Gasteiger partial charge >= 0.3 is 11.9 Å². The third-order valence-corrected chi connectivity index (χ3v) is 1.90. The molecule has 88 valence electrons. The fourth-order valence-corrected chi connectivity index (χ4v) is 1.14. The molecular weight excluding hydrogens is 222 g/mol. The van der Waals surface area contributed by atoms with Crippen molar-refractivity contribution in [1.29, 1.82) is 0 Å². The molecule has 3 N–H and O–H groups in total. The van der Waals surface area contributed by atoms with Crippen LogP contribution in [0.5, 0.6) is 0 Å². The van der Waals surface area contributed by atoms with E-state index in [-0.39, 0.29) is 12.0 Å². The summed E-state index contributed by atoms with van der Waals surface area (Å²) in [7, 11) is 1.27. The quantitative estimate of drug-likeness (QED) is 0.449. The SMILES string of the molecule is COC(=O)CC#Cc1cc(N)cc(C(=O)O)c1. The van der Waals surface area contributed by atoms with Crippen molar-refractivity contribution in [3.05, 3.63) is 29.3 Å². The second kappa shape index (κ2) is 5.56. The van der Waals surface area contributed by atoms with Crippen molar-refractivity contribution in [2.75, 3.05) is 12.8 Å². The first kappa shape index (κ1) is 12.6. The minimum Gasteiger partial charge on any atom is -0.478 e. The zero-order valence-electron chi connectivity index (χ0n) is 9.19. The maximum atomic E-state index is 10.8. The number of carboxylic acid groups (broad SMARTS) is 1. The molecule has 0 radical (unpaired) electrons. The number of carboxylic acids is 1. The Hall–Kier alpha value is -2.48. The van der Waals surface area contributed by atoms with Crippen molar-refractivity contribution in [2.45, 2.75) is 6.42 Å². The molecule has 0 saturated carbocycles. The molecule has 5 heteroatoms. The predicted octanol–water partition coefficient (Wildman–Crippen LogP) is 0.882. The Balaban J connectivity index is 2.91. The highest BCUT2D eigenvalue weighted by molar-refractivity contribution is 5.89. The first-order valence-corrected chi connectivity index (χ1v) is 4.72. The highest BCUT2D eigenvalue weighted by Gasteiger charge is 2.04. The molecule has 0 aromatic heterocycles. The van der Waals surface area contributed by atoms with Gasteiger partial charge in [-0.25, -0.2) is 4.79 Å². The molecule has 0 bridgehead atoms. The summed E-state index contributed by atoms with van der Waals surface area (Å²) in [5, 5.41) is 8.81. The Kier molecular flexibility index (Phi) is 4.12. The Labute approximate surface area is 98.2 Å². The number of anilines is 1. The van der Waals surface area contributed by atoms with Crippen LogP contribution in [0.1, 0.15) is 22.3 Å². The monoisotopic (exact) mass is 233 g/mol. The highest BCUT2D eigenvalue weighted by atomic mass is 16.5. The van der Waals surface area contributed by atoms with Gasteiger partial charge in [-0.05, 0) is 18.2 Å². The second-order valence-corrected chi connectivity index (χ2v) is 3.20. The van der Waals surface area contributed by atoms with Crippen LogP contribution in [0.2, 0.25) is 0 Å². The van der Waals surface area contributed by atoms with E-state index >= 15 is 0 Å². The van der Waals surface area contributed by atoms with E-state index in [4.69, 9.17) is 10.8 Å². The van der Waals surface area contributed by atoms with Crippen LogP contribution in [0.4, 0.5) is 5.69 Å². The summed E-state index contributed by atoms with van der Waals surface area (Å²) >= 11 is 0. The predicted molar refractivity (Wildman–Crippen MR) is 61.3 cm³/mol. The number of hydrogen-bond donors (Lipinski definition) is 2. The number of nitrogens with two attached hydrogens (primary N) is 1. The highest BCUT2D eigenvalue weighted by Crippen LogP contribution is 2.11. The Morgan fingerprint density at radius 2 is 2.12 bits per heavy atom. The number of carbonyl (C=O) groups excluding carboxylic acids is 1. The molecular formula is C12H11NO4. The summed E-state index contributed by atoms with van der Waals surface area (Å²) in [4.78, 5) is 21.6. The summed E-state index contributed by atoms with van der Waals surface area (Å²) in [5.41, 5.74) is 6.36. The molecule has 0 unspecified atom stereocenters. The summed E-state index contributed by atoms with van der Waals surface area (Å²) in [5.74, 6) is 3.70. The lowest BCUT2D eigenvalue weighted by Gasteiger charge is -1.98. The van der Waals surface area contributed by atoms with E-state index in [0.717, 1.165) is 0 Å². The lowest BCUT2D eigenvalue weighted by molar-refractivity contribution is -0.139. The molecule has 17 heavy (non-hydrogen) atoms. The van der Waals surface area contributed by atoms with Crippen LogP contribution >= 0.6 is 0 Å². The Bertz CT molecular complexity index is 511. The topological polar surface area (TPSA) is 89.6 Å². The fraction of sp³-hybridized carbons (Fsp3) is 0.167. The van der Waals surface area contributed by atoms with E-state index in [9.17, 15) is 9.59 Å². The van der Waals surface area contributed by atoms with Gasteiger partial charge < -0.3 is 15.6 Å². The summed E-state index contributed by atoms with van der Waals surface area (Å²) in [6, 6.07) is 4.27. The molecule has 0 aliphatic carbocycles. The molecule has 0 spiro atoms. The van der Waals surface area contributed by atoms with Gasteiger partial charge in [-0.1, -0.05) is 11.8 Å².